The van der Waals surface area contributed by atoms with Gasteiger partial charge in [0.15, 0.2) is 0 Å². The molecule has 2 aromatic carbocycles. The van der Waals surface area contributed by atoms with E-state index in [1.54, 1.807) is 0 Å². The smallest absolute Gasteiger partial charge is 0.146 e. The van der Waals surface area contributed by atoms with Gasteiger partial charge in [-0.05, 0) is 46.5 Å². The van der Waals surface area contributed by atoms with Crippen LogP contribution in [0.2, 0.25) is 0 Å². The molecule has 0 heterocycles. The van der Waals surface area contributed by atoms with Gasteiger partial charge in [-0.25, -0.2) is 8.78 Å². The standard InChI is InChI=1S/C13H10F2N2O/c14-9-1-5-6-2-10(15)12(17)4-8(6)13(18)7(5)3-11(9)16/h1-4,13,18H,16-17H2. The third-order valence-corrected chi connectivity index (χ3v) is 3.22. The molecule has 3 nitrogen and oxygen atoms in total. The molecule has 0 bridgehead atoms. The maximum absolute atomic E-state index is 13.4. The van der Waals surface area contributed by atoms with Crippen molar-refractivity contribution in [3.05, 3.63) is 47.0 Å². The summed E-state index contributed by atoms with van der Waals surface area (Å²) >= 11 is 0. The zero-order valence-corrected chi connectivity index (χ0v) is 9.24. The molecule has 3 rings (SSSR count). The number of hydrogen-bond donors (Lipinski definition) is 3. The first kappa shape index (κ1) is 11.0. The lowest BCUT2D eigenvalue weighted by Gasteiger charge is -2.06. The van der Waals surface area contributed by atoms with Crippen molar-refractivity contribution in [3.8, 4) is 11.1 Å². The summed E-state index contributed by atoms with van der Waals surface area (Å²) in [4.78, 5) is 0. The Labute approximate surface area is 102 Å². The molecule has 1 aliphatic rings. The topological polar surface area (TPSA) is 72.3 Å². The van der Waals surface area contributed by atoms with Crippen molar-refractivity contribution < 1.29 is 13.9 Å². The number of benzene rings is 2. The van der Waals surface area contributed by atoms with E-state index in [0.29, 0.717) is 22.3 Å². The number of halogens is 2. The summed E-state index contributed by atoms with van der Waals surface area (Å²) in [6, 6.07) is 5.14. The second-order valence-electron chi connectivity index (χ2n) is 4.32. The fraction of sp³-hybridized carbons (Fsp3) is 0.0769. The molecule has 0 atom stereocenters. The Kier molecular flexibility index (Phi) is 2.09. The van der Waals surface area contributed by atoms with Gasteiger partial charge in [-0.15, -0.1) is 0 Å². The van der Waals surface area contributed by atoms with Crippen LogP contribution in [0.5, 0.6) is 0 Å². The van der Waals surface area contributed by atoms with E-state index >= 15 is 0 Å². The molecule has 92 valence electrons. The van der Waals surface area contributed by atoms with Crippen LogP contribution in [0.1, 0.15) is 17.2 Å². The summed E-state index contributed by atoms with van der Waals surface area (Å²) in [6.45, 7) is 0. The van der Waals surface area contributed by atoms with Crippen LogP contribution in [0, 0.1) is 11.6 Å². The van der Waals surface area contributed by atoms with Crippen molar-refractivity contribution in [2.24, 2.45) is 0 Å². The van der Waals surface area contributed by atoms with Crippen LogP contribution in [0.15, 0.2) is 24.3 Å². The third-order valence-electron chi connectivity index (χ3n) is 3.22. The van der Waals surface area contributed by atoms with Gasteiger partial charge >= 0.3 is 0 Å². The zero-order valence-electron chi connectivity index (χ0n) is 9.24. The Morgan fingerprint density at radius 1 is 0.833 bits per heavy atom. The Bertz CT molecular complexity index is 613. The fourth-order valence-electron chi connectivity index (χ4n) is 2.30. The van der Waals surface area contributed by atoms with Crippen LogP contribution in [0.3, 0.4) is 0 Å². The van der Waals surface area contributed by atoms with Crippen LogP contribution in [0.4, 0.5) is 20.2 Å². The molecule has 0 saturated heterocycles. The van der Waals surface area contributed by atoms with Crippen molar-refractivity contribution >= 4 is 11.4 Å². The molecule has 2 aromatic rings. The second kappa shape index (κ2) is 3.43. The molecule has 0 radical (unpaired) electrons. The summed E-state index contributed by atoms with van der Waals surface area (Å²) in [5, 5.41) is 10.1. The van der Waals surface area contributed by atoms with E-state index in [-0.39, 0.29) is 11.4 Å². The van der Waals surface area contributed by atoms with Crippen molar-refractivity contribution in [1.29, 1.82) is 0 Å². The van der Waals surface area contributed by atoms with E-state index in [0.717, 1.165) is 0 Å². The Morgan fingerprint density at radius 3 is 1.61 bits per heavy atom. The first-order valence-corrected chi connectivity index (χ1v) is 5.35. The molecule has 5 heteroatoms. The molecule has 0 saturated carbocycles. The molecule has 0 aromatic heterocycles. The molecule has 0 spiro atoms. The Balaban J connectivity index is 2.33. The van der Waals surface area contributed by atoms with Gasteiger partial charge in [-0.2, -0.15) is 0 Å². The average Bonchev–Trinajstić information content (AvgIpc) is 2.56. The van der Waals surface area contributed by atoms with Crippen LogP contribution >= 0.6 is 0 Å². The van der Waals surface area contributed by atoms with Crippen LogP contribution < -0.4 is 11.5 Å². The van der Waals surface area contributed by atoms with E-state index in [9.17, 15) is 13.9 Å². The van der Waals surface area contributed by atoms with E-state index in [4.69, 9.17) is 11.5 Å². The van der Waals surface area contributed by atoms with Crippen LogP contribution in [-0.4, -0.2) is 5.11 Å². The van der Waals surface area contributed by atoms with Crippen LogP contribution in [0.25, 0.3) is 11.1 Å². The number of nitrogens with two attached hydrogens (primary N) is 2. The molecule has 1 aliphatic carbocycles. The summed E-state index contributed by atoms with van der Waals surface area (Å²) in [5.74, 6) is -1.18. The van der Waals surface area contributed by atoms with Crippen LogP contribution in [-0.2, 0) is 0 Å². The van der Waals surface area contributed by atoms with E-state index in [1.165, 1.54) is 24.3 Å². The highest BCUT2D eigenvalue weighted by atomic mass is 19.1. The molecule has 0 amide bonds. The maximum Gasteiger partial charge on any atom is 0.146 e. The lowest BCUT2D eigenvalue weighted by molar-refractivity contribution is 0.225. The predicted molar refractivity (Wildman–Crippen MR) is 64.7 cm³/mol. The molecule has 5 N–H and O–H groups in total. The highest BCUT2D eigenvalue weighted by molar-refractivity contribution is 5.81. The maximum atomic E-state index is 13.4. The van der Waals surface area contributed by atoms with E-state index in [2.05, 4.69) is 0 Å². The minimum absolute atomic E-state index is 0.0472. The summed E-state index contributed by atoms with van der Waals surface area (Å²) in [5.41, 5.74) is 12.7. The van der Waals surface area contributed by atoms with Gasteiger partial charge < -0.3 is 16.6 Å². The summed E-state index contributed by atoms with van der Waals surface area (Å²) in [6.07, 6.45) is -0.958. The number of anilines is 2. The monoisotopic (exact) mass is 248 g/mol. The third kappa shape index (κ3) is 1.31. The fourth-order valence-corrected chi connectivity index (χ4v) is 2.30. The lowest BCUT2D eigenvalue weighted by atomic mass is 10.0. The summed E-state index contributed by atoms with van der Waals surface area (Å²) in [7, 11) is 0. The molecule has 0 aliphatic heterocycles. The van der Waals surface area contributed by atoms with Gasteiger partial charge in [-0.3, -0.25) is 0 Å². The SMILES string of the molecule is Nc1cc2c(cc1F)-c1cc(F)c(N)cc1C2O. The van der Waals surface area contributed by atoms with Crippen molar-refractivity contribution in [1.82, 2.24) is 0 Å². The van der Waals surface area contributed by atoms with Crippen molar-refractivity contribution in [2.75, 3.05) is 11.5 Å². The number of aliphatic hydroxyl groups is 1. The number of hydrogen-bond acceptors (Lipinski definition) is 3. The van der Waals surface area contributed by atoms with Crippen molar-refractivity contribution in [3.63, 3.8) is 0 Å². The van der Waals surface area contributed by atoms with Gasteiger partial charge in [0.1, 0.15) is 17.7 Å². The average molecular weight is 248 g/mol. The molecular weight excluding hydrogens is 238 g/mol. The molecule has 0 unspecified atom stereocenters. The largest absolute Gasteiger partial charge is 0.396 e. The molecule has 18 heavy (non-hydrogen) atoms. The Morgan fingerprint density at radius 2 is 1.22 bits per heavy atom. The van der Waals surface area contributed by atoms with Gasteiger partial charge in [0.2, 0.25) is 0 Å². The number of fused-ring (bicyclic) bond motifs is 3. The lowest BCUT2D eigenvalue weighted by Crippen LogP contribution is -1.98. The first-order valence-electron chi connectivity index (χ1n) is 5.35. The minimum Gasteiger partial charge on any atom is -0.396 e. The first-order chi connectivity index (χ1) is 8.49. The van der Waals surface area contributed by atoms with Gasteiger partial charge in [0, 0.05) is 0 Å². The van der Waals surface area contributed by atoms with E-state index < -0.39 is 17.7 Å². The molecule has 0 fully saturated rings. The minimum atomic E-state index is -0.958. The molecular formula is C13H10F2N2O. The quantitative estimate of drug-likeness (QED) is 0.626. The van der Waals surface area contributed by atoms with Gasteiger partial charge in [-0.1, -0.05) is 0 Å². The van der Waals surface area contributed by atoms with Crippen molar-refractivity contribution in [2.45, 2.75) is 6.10 Å². The van der Waals surface area contributed by atoms with E-state index in [1.807, 2.05) is 0 Å². The Hall–Kier alpha value is -2.14. The normalized spacial score (nSPS) is 13.5. The predicted octanol–water partition coefficient (Wildman–Crippen LogP) is 2.19. The number of aliphatic hydroxyl groups excluding tert-OH is 1. The van der Waals surface area contributed by atoms with Gasteiger partial charge in [0.05, 0.1) is 11.4 Å². The summed E-state index contributed by atoms with van der Waals surface area (Å²) < 4.78 is 26.9. The van der Waals surface area contributed by atoms with Gasteiger partial charge in [0.25, 0.3) is 0 Å². The number of rotatable bonds is 0. The number of nitrogen functional groups attached to an aromatic ring is 2. The highest BCUT2D eigenvalue weighted by Crippen LogP contribution is 2.45. The zero-order chi connectivity index (χ0) is 13.0. The second-order valence-corrected chi connectivity index (χ2v) is 4.32. The highest BCUT2D eigenvalue weighted by Gasteiger charge is 2.29.